The van der Waals surface area contributed by atoms with Crippen molar-refractivity contribution in [1.29, 1.82) is 5.26 Å². The summed E-state index contributed by atoms with van der Waals surface area (Å²) in [5, 5.41) is 9.57. The van der Waals surface area contributed by atoms with Gasteiger partial charge in [-0.1, -0.05) is 17.7 Å². The van der Waals surface area contributed by atoms with Gasteiger partial charge in [0.05, 0.1) is 17.1 Å². The summed E-state index contributed by atoms with van der Waals surface area (Å²) >= 11 is 9.27. The van der Waals surface area contributed by atoms with Crippen molar-refractivity contribution in [3.8, 4) is 17.6 Å². The van der Waals surface area contributed by atoms with Crippen molar-refractivity contribution < 1.29 is 9.47 Å². The lowest BCUT2D eigenvalue weighted by Gasteiger charge is -2.10. The van der Waals surface area contributed by atoms with Crippen molar-refractivity contribution in [1.82, 2.24) is 0 Å². The van der Waals surface area contributed by atoms with E-state index in [1.165, 1.54) is 7.11 Å². The van der Waals surface area contributed by atoms with Crippen molar-refractivity contribution >= 4 is 27.5 Å². The van der Waals surface area contributed by atoms with E-state index in [0.717, 1.165) is 10.0 Å². The summed E-state index contributed by atoms with van der Waals surface area (Å²) in [5.74, 6) is 1.25. The van der Waals surface area contributed by atoms with Crippen molar-refractivity contribution in [2.75, 3.05) is 7.11 Å². The zero-order chi connectivity index (χ0) is 14.5. The largest absolute Gasteiger partial charge is 0.495 e. The van der Waals surface area contributed by atoms with E-state index in [1.54, 1.807) is 30.3 Å². The maximum atomic E-state index is 8.93. The number of benzene rings is 2. The van der Waals surface area contributed by atoms with Gasteiger partial charge >= 0.3 is 0 Å². The molecule has 2 aromatic rings. The molecule has 0 aliphatic rings. The average molecular weight is 353 g/mol. The van der Waals surface area contributed by atoms with Gasteiger partial charge in [-0.05, 0) is 51.8 Å². The highest BCUT2D eigenvalue weighted by Crippen LogP contribution is 2.29. The molecule has 3 nitrogen and oxygen atoms in total. The quantitative estimate of drug-likeness (QED) is 0.810. The molecule has 2 rings (SSSR count). The third-order valence-corrected chi connectivity index (χ3v) is 3.53. The first-order chi connectivity index (χ1) is 9.63. The molecule has 0 aliphatic carbocycles. The fourth-order valence-corrected chi connectivity index (χ4v) is 2.47. The highest BCUT2D eigenvalue weighted by Gasteiger charge is 2.06. The van der Waals surface area contributed by atoms with Crippen molar-refractivity contribution in [3.63, 3.8) is 0 Å². The highest BCUT2D eigenvalue weighted by molar-refractivity contribution is 9.10. The summed E-state index contributed by atoms with van der Waals surface area (Å²) in [6.45, 7) is 0.377. The Labute approximate surface area is 130 Å². The predicted octanol–water partition coefficient (Wildman–Crippen LogP) is 4.56. The van der Waals surface area contributed by atoms with Crippen LogP contribution in [0.15, 0.2) is 40.9 Å². The average Bonchev–Trinajstić information content (AvgIpc) is 2.46. The molecule has 0 bridgehead atoms. The molecule has 0 saturated heterocycles. The molecule has 0 atom stereocenters. The molecule has 0 N–H and O–H groups in total. The number of halogens is 2. The topological polar surface area (TPSA) is 42.2 Å². The van der Waals surface area contributed by atoms with E-state index >= 15 is 0 Å². The van der Waals surface area contributed by atoms with E-state index in [-0.39, 0.29) is 0 Å². The minimum absolute atomic E-state index is 0.377. The number of rotatable bonds is 4. The molecule has 5 heteroatoms. The van der Waals surface area contributed by atoms with Crippen molar-refractivity contribution in [3.05, 3.63) is 57.0 Å². The van der Waals surface area contributed by atoms with Crippen LogP contribution in [0.3, 0.4) is 0 Å². The van der Waals surface area contributed by atoms with Gasteiger partial charge < -0.3 is 9.47 Å². The van der Waals surface area contributed by atoms with Crippen LogP contribution in [0.25, 0.3) is 0 Å². The van der Waals surface area contributed by atoms with Gasteiger partial charge in [-0.3, -0.25) is 0 Å². The van der Waals surface area contributed by atoms with E-state index in [4.69, 9.17) is 26.3 Å². The minimum atomic E-state index is 0.377. The third kappa shape index (κ3) is 3.44. The molecular formula is C15H11BrClNO2. The third-order valence-electron chi connectivity index (χ3n) is 2.67. The molecule has 0 saturated carbocycles. The van der Waals surface area contributed by atoms with Crippen LogP contribution in [0.2, 0.25) is 5.02 Å². The molecule has 2 aromatic carbocycles. The second kappa shape index (κ2) is 6.65. The minimum Gasteiger partial charge on any atom is -0.495 e. The maximum absolute atomic E-state index is 8.93. The molecule has 0 spiro atoms. The molecule has 0 unspecified atom stereocenters. The van der Waals surface area contributed by atoms with Gasteiger partial charge in [-0.2, -0.15) is 5.26 Å². The lowest BCUT2D eigenvalue weighted by molar-refractivity contribution is 0.303. The number of hydrogen-bond acceptors (Lipinski definition) is 3. The molecule has 20 heavy (non-hydrogen) atoms. The number of ether oxygens (including phenoxy) is 2. The van der Waals surface area contributed by atoms with Crippen LogP contribution < -0.4 is 9.47 Å². The van der Waals surface area contributed by atoms with Crippen LogP contribution in [-0.4, -0.2) is 7.11 Å². The molecular weight excluding hydrogens is 342 g/mol. The lowest BCUT2D eigenvalue weighted by Crippen LogP contribution is -1.98. The van der Waals surface area contributed by atoms with Crippen LogP contribution in [0.4, 0.5) is 0 Å². The summed E-state index contributed by atoms with van der Waals surface area (Å²) < 4.78 is 11.7. The maximum Gasteiger partial charge on any atom is 0.137 e. The Hall–Kier alpha value is -1.70. The fourth-order valence-electron chi connectivity index (χ4n) is 1.67. The fraction of sp³-hybridized carbons (Fsp3) is 0.133. The van der Waals surface area contributed by atoms with E-state index in [0.29, 0.717) is 28.7 Å². The summed E-state index contributed by atoms with van der Waals surface area (Å²) in [6, 6.07) is 12.8. The standard InChI is InChI=1S/C15H11BrClNO2/c1-19-15-6-10(2-3-11(15)8-18)9-20-14-5-4-12(17)7-13(14)16/h2-7H,9H2,1H3. The Morgan fingerprint density at radius 2 is 2.00 bits per heavy atom. The van der Waals surface area contributed by atoms with Crippen LogP contribution in [0, 0.1) is 11.3 Å². The van der Waals surface area contributed by atoms with Gasteiger partial charge in [0.2, 0.25) is 0 Å². The molecule has 0 radical (unpaired) electrons. The summed E-state index contributed by atoms with van der Waals surface area (Å²) in [6.07, 6.45) is 0. The smallest absolute Gasteiger partial charge is 0.137 e. The first kappa shape index (κ1) is 14.7. The first-order valence-electron chi connectivity index (χ1n) is 5.79. The summed E-state index contributed by atoms with van der Waals surface area (Å²) in [5.41, 5.74) is 1.42. The number of methoxy groups -OCH3 is 1. The predicted molar refractivity (Wildman–Crippen MR) is 81.2 cm³/mol. The van der Waals surface area contributed by atoms with E-state index < -0.39 is 0 Å². The monoisotopic (exact) mass is 351 g/mol. The second-order valence-corrected chi connectivity index (χ2v) is 5.30. The number of nitriles is 1. The van der Waals surface area contributed by atoms with E-state index in [1.807, 2.05) is 6.07 Å². The van der Waals surface area contributed by atoms with Crippen LogP contribution in [-0.2, 0) is 6.61 Å². The zero-order valence-corrected chi connectivity index (χ0v) is 13.0. The molecule has 102 valence electrons. The van der Waals surface area contributed by atoms with Gasteiger partial charge in [0.15, 0.2) is 0 Å². The Morgan fingerprint density at radius 1 is 1.20 bits per heavy atom. The van der Waals surface area contributed by atoms with Crippen LogP contribution in [0.1, 0.15) is 11.1 Å². The van der Waals surface area contributed by atoms with Crippen molar-refractivity contribution in [2.24, 2.45) is 0 Å². The highest BCUT2D eigenvalue weighted by atomic mass is 79.9. The van der Waals surface area contributed by atoms with E-state index in [2.05, 4.69) is 22.0 Å². The molecule has 0 aromatic heterocycles. The number of nitrogens with zero attached hydrogens (tertiary/aromatic N) is 1. The SMILES string of the molecule is COc1cc(COc2ccc(Cl)cc2Br)ccc1C#N. The first-order valence-corrected chi connectivity index (χ1v) is 6.96. The van der Waals surface area contributed by atoms with Gasteiger partial charge in [-0.25, -0.2) is 0 Å². The molecule has 0 amide bonds. The normalized spacial score (nSPS) is 9.90. The molecule has 0 heterocycles. The zero-order valence-electron chi connectivity index (χ0n) is 10.7. The second-order valence-electron chi connectivity index (χ2n) is 4.01. The van der Waals surface area contributed by atoms with Gasteiger partial charge in [-0.15, -0.1) is 0 Å². The van der Waals surface area contributed by atoms with Gasteiger partial charge in [0.25, 0.3) is 0 Å². The van der Waals surface area contributed by atoms with E-state index in [9.17, 15) is 0 Å². The van der Waals surface area contributed by atoms with Crippen LogP contribution in [0.5, 0.6) is 11.5 Å². The van der Waals surface area contributed by atoms with Crippen LogP contribution >= 0.6 is 27.5 Å². The Kier molecular flexibility index (Phi) is 4.89. The van der Waals surface area contributed by atoms with Gasteiger partial charge in [0, 0.05) is 5.02 Å². The van der Waals surface area contributed by atoms with Gasteiger partial charge in [0.1, 0.15) is 24.2 Å². The van der Waals surface area contributed by atoms with Crippen molar-refractivity contribution in [2.45, 2.75) is 6.61 Å². The summed E-state index contributed by atoms with van der Waals surface area (Å²) in [4.78, 5) is 0. The lowest BCUT2D eigenvalue weighted by atomic mass is 10.1. The number of hydrogen-bond donors (Lipinski definition) is 0. The molecule has 0 aliphatic heterocycles. The Morgan fingerprint density at radius 3 is 2.65 bits per heavy atom. The Bertz CT molecular complexity index is 667. The molecule has 0 fully saturated rings. The summed E-state index contributed by atoms with van der Waals surface area (Å²) in [7, 11) is 1.54. The Balaban J connectivity index is 2.13.